The van der Waals surface area contributed by atoms with Crippen molar-refractivity contribution in [3.8, 4) is 0 Å². The fraction of sp³-hybridized carbons (Fsp3) is 0.750. The van der Waals surface area contributed by atoms with E-state index in [9.17, 15) is 28.8 Å². The monoisotopic (exact) mass is 501 g/mol. The molecule has 0 aromatic carbocycles. The van der Waals surface area contributed by atoms with Crippen molar-refractivity contribution < 1.29 is 47.7 Å². The Bertz CT molecular complexity index is 819. The first-order valence-corrected chi connectivity index (χ1v) is 11.1. The van der Waals surface area contributed by atoms with Gasteiger partial charge >= 0.3 is 29.9 Å². The maximum atomic E-state index is 13.0. The van der Waals surface area contributed by atoms with E-state index in [4.69, 9.17) is 18.9 Å². The number of rotatable bonds is 6. The number of carbonyl (C=O) groups excluding carboxylic acids is 6. The fourth-order valence-electron chi connectivity index (χ4n) is 2.31. The molecular weight excluding hydrogens is 462 g/mol. The number of hydrogen-bond donors (Lipinski definition) is 0. The first-order chi connectivity index (χ1) is 15.3. The minimum atomic E-state index is -1.96. The maximum Gasteiger partial charge on any atom is 0.420 e. The predicted molar refractivity (Wildman–Crippen MR) is 124 cm³/mol. The van der Waals surface area contributed by atoms with Crippen LogP contribution in [0, 0.1) is 0 Å². The van der Waals surface area contributed by atoms with E-state index < -0.39 is 70.6 Å². The molecular formula is C24H39NO10. The Morgan fingerprint density at radius 2 is 0.914 bits per heavy atom. The minimum Gasteiger partial charge on any atom is -0.458 e. The Kier molecular flexibility index (Phi) is 10.2. The van der Waals surface area contributed by atoms with E-state index >= 15 is 0 Å². The molecule has 0 fully saturated rings. The van der Waals surface area contributed by atoms with Gasteiger partial charge in [0.1, 0.15) is 22.4 Å². The highest BCUT2D eigenvalue weighted by atomic mass is 16.6. The Labute approximate surface area is 206 Å². The molecule has 2 amide bonds. The van der Waals surface area contributed by atoms with Crippen LogP contribution >= 0.6 is 0 Å². The summed E-state index contributed by atoms with van der Waals surface area (Å²) in [6.07, 6.45) is -3.66. The van der Waals surface area contributed by atoms with Crippen LogP contribution in [0.1, 0.15) is 89.5 Å². The molecule has 11 heteroatoms. The second-order valence-corrected chi connectivity index (χ2v) is 11.8. The zero-order valence-corrected chi connectivity index (χ0v) is 22.8. The van der Waals surface area contributed by atoms with Crippen LogP contribution in [0.25, 0.3) is 0 Å². The molecule has 0 saturated carbocycles. The standard InChI is InChI=1S/C24H39NO10/c1-21(2,3)32-17(28)14(13-15(26)16(27)18(29)33-22(4,5)6)25(19(30)34-23(7,8)9)20(31)35-24(10,11)12/h14H,13H2,1-12H3/t14-/m0/s1. The summed E-state index contributed by atoms with van der Waals surface area (Å²) in [6, 6.07) is -1.96. The van der Waals surface area contributed by atoms with Gasteiger partial charge in [-0.1, -0.05) is 0 Å². The van der Waals surface area contributed by atoms with Gasteiger partial charge in [0.25, 0.3) is 0 Å². The fourth-order valence-corrected chi connectivity index (χ4v) is 2.31. The molecule has 0 aliphatic carbocycles. The molecule has 0 unspecified atom stereocenters. The number of ether oxygens (including phenoxy) is 4. The Morgan fingerprint density at radius 3 is 1.23 bits per heavy atom. The Hall–Kier alpha value is -2.98. The third-order valence-corrected chi connectivity index (χ3v) is 3.39. The number of Topliss-reactive ketones (excluding diaryl/α,β-unsaturated/α-hetero) is 2. The summed E-state index contributed by atoms with van der Waals surface area (Å²) in [5, 5.41) is 0. The van der Waals surface area contributed by atoms with Crippen molar-refractivity contribution in [3.05, 3.63) is 0 Å². The third kappa shape index (κ3) is 12.9. The number of imide groups is 1. The van der Waals surface area contributed by atoms with E-state index in [1.165, 1.54) is 83.1 Å². The van der Waals surface area contributed by atoms with Crippen molar-refractivity contribution >= 4 is 35.7 Å². The van der Waals surface area contributed by atoms with Gasteiger partial charge in [-0.3, -0.25) is 9.59 Å². The average Bonchev–Trinajstić information content (AvgIpc) is 2.53. The lowest BCUT2D eigenvalue weighted by molar-refractivity contribution is -0.166. The smallest absolute Gasteiger partial charge is 0.420 e. The SMILES string of the molecule is CC(C)(C)OC(=O)C(=O)C(=O)C[C@@H](C(=O)OC(C)(C)C)N(C(=O)OC(C)(C)C)C(=O)OC(C)(C)C. The maximum absolute atomic E-state index is 13.0. The van der Waals surface area contributed by atoms with E-state index in [1.807, 2.05) is 0 Å². The minimum absolute atomic E-state index is 0.283. The summed E-state index contributed by atoms with van der Waals surface area (Å²) in [5.41, 5.74) is -4.32. The van der Waals surface area contributed by atoms with Crippen LogP contribution in [0.2, 0.25) is 0 Å². The summed E-state index contributed by atoms with van der Waals surface area (Å²) < 4.78 is 20.7. The zero-order chi connectivity index (χ0) is 28.2. The molecule has 0 radical (unpaired) electrons. The molecule has 0 rings (SSSR count). The highest BCUT2D eigenvalue weighted by Gasteiger charge is 2.44. The molecule has 0 aliphatic rings. The van der Waals surface area contributed by atoms with Gasteiger partial charge < -0.3 is 18.9 Å². The van der Waals surface area contributed by atoms with Crippen LogP contribution in [0.15, 0.2) is 0 Å². The lowest BCUT2D eigenvalue weighted by Crippen LogP contribution is -2.54. The molecule has 0 aromatic heterocycles. The second kappa shape index (κ2) is 11.2. The van der Waals surface area contributed by atoms with Gasteiger partial charge in [-0.2, -0.15) is 4.90 Å². The van der Waals surface area contributed by atoms with E-state index in [-0.39, 0.29) is 4.90 Å². The summed E-state index contributed by atoms with van der Waals surface area (Å²) >= 11 is 0. The third-order valence-electron chi connectivity index (χ3n) is 3.39. The van der Waals surface area contributed by atoms with E-state index in [2.05, 4.69) is 0 Å². The van der Waals surface area contributed by atoms with Gasteiger partial charge in [0.15, 0.2) is 6.04 Å². The molecule has 0 aromatic rings. The average molecular weight is 502 g/mol. The molecule has 0 N–H and O–H groups in total. The highest BCUT2D eigenvalue weighted by molar-refractivity contribution is 6.62. The topological polar surface area (TPSA) is 143 Å². The van der Waals surface area contributed by atoms with Crippen LogP contribution in [0.3, 0.4) is 0 Å². The van der Waals surface area contributed by atoms with Gasteiger partial charge in [0, 0.05) is 6.42 Å². The number of esters is 2. The lowest BCUT2D eigenvalue weighted by atomic mass is 10.1. The summed E-state index contributed by atoms with van der Waals surface area (Å²) in [4.78, 5) is 76.4. The summed E-state index contributed by atoms with van der Waals surface area (Å²) in [7, 11) is 0. The number of hydrogen-bond acceptors (Lipinski definition) is 10. The zero-order valence-electron chi connectivity index (χ0n) is 22.8. The van der Waals surface area contributed by atoms with Crippen molar-refractivity contribution in [1.29, 1.82) is 0 Å². The molecule has 200 valence electrons. The van der Waals surface area contributed by atoms with Gasteiger partial charge in [0.2, 0.25) is 5.78 Å². The van der Waals surface area contributed by atoms with Crippen molar-refractivity contribution in [2.24, 2.45) is 0 Å². The number of carbonyl (C=O) groups is 6. The number of ketones is 2. The van der Waals surface area contributed by atoms with E-state index in [0.717, 1.165) is 0 Å². The van der Waals surface area contributed by atoms with Crippen molar-refractivity contribution in [2.75, 3.05) is 0 Å². The normalized spacial score (nSPS) is 13.3. The van der Waals surface area contributed by atoms with Crippen LogP contribution in [-0.4, -0.2) is 69.0 Å². The van der Waals surface area contributed by atoms with Gasteiger partial charge in [-0.25, -0.2) is 19.2 Å². The van der Waals surface area contributed by atoms with Crippen molar-refractivity contribution in [1.82, 2.24) is 4.90 Å². The van der Waals surface area contributed by atoms with Gasteiger partial charge in [0.05, 0.1) is 0 Å². The summed E-state index contributed by atoms with van der Waals surface area (Å²) in [5.74, 6) is -5.54. The van der Waals surface area contributed by atoms with Crippen LogP contribution < -0.4 is 0 Å². The molecule has 1 atom stereocenters. The number of nitrogens with zero attached hydrogens (tertiary/aromatic N) is 1. The van der Waals surface area contributed by atoms with Crippen molar-refractivity contribution in [3.63, 3.8) is 0 Å². The number of amides is 2. The van der Waals surface area contributed by atoms with E-state index in [0.29, 0.717) is 0 Å². The molecule has 0 spiro atoms. The highest BCUT2D eigenvalue weighted by Crippen LogP contribution is 2.21. The molecule has 0 saturated heterocycles. The second-order valence-electron chi connectivity index (χ2n) is 11.8. The van der Waals surface area contributed by atoms with Crippen LogP contribution in [-0.2, 0) is 38.1 Å². The van der Waals surface area contributed by atoms with Gasteiger partial charge in [-0.05, 0) is 83.1 Å². The first-order valence-electron chi connectivity index (χ1n) is 11.1. The molecule has 0 bridgehead atoms. The largest absolute Gasteiger partial charge is 0.458 e. The summed E-state index contributed by atoms with van der Waals surface area (Å²) in [6.45, 7) is 18.2. The van der Waals surface area contributed by atoms with Crippen LogP contribution in [0.4, 0.5) is 9.59 Å². The molecule has 0 aliphatic heterocycles. The first kappa shape index (κ1) is 32.0. The molecule has 35 heavy (non-hydrogen) atoms. The Balaban J connectivity index is 6.42. The molecule has 11 nitrogen and oxygen atoms in total. The molecule has 0 heterocycles. The van der Waals surface area contributed by atoms with Crippen molar-refractivity contribution in [2.45, 2.75) is 118 Å². The van der Waals surface area contributed by atoms with E-state index in [1.54, 1.807) is 0 Å². The quantitative estimate of drug-likeness (QED) is 0.228. The van der Waals surface area contributed by atoms with Gasteiger partial charge in [-0.15, -0.1) is 0 Å². The lowest BCUT2D eigenvalue weighted by Gasteiger charge is -2.33. The predicted octanol–water partition coefficient (Wildman–Crippen LogP) is 3.74. The van der Waals surface area contributed by atoms with Crippen LogP contribution in [0.5, 0.6) is 0 Å². The Morgan fingerprint density at radius 1 is 0.571 bits per heavy atom.